The van der Waals surface area contributed by atoms with Gasteiger partial charge in [0, 0.05) is 6.21 Å². The first-order chi connectivity index (χ1) is 11.0. The molecule has 0 fully saturated rings. The standard InChI is InChI=1S/C21H26N2/c1-15-6-10-20(11-7-15)18(4)22-14-17(3)23-19(5)21-12-8-16(2)9-13-21/h6-14,18-19H,1-5H3/t18-,19-/m0/s1. The van der Waals surface area contributed by atoms with Crippen LogP contribution in [0.25, 0.3) is 0 Å². The maximum atomic E-state index is 4.72. The molecule has 0 heterocycles. The summed E-state index contributed by atoms with van der Waals surface area (Å²) in [7, 11) is 0. The van der Waals surface area contributed by atoms with Crippen molar-refractivity contribution >= 4 is 11.9 Å². The lowest BCUT2D eigenvalue weighted by molar-refractivity contribution is 0.816. The van der Waals surface area contributed by atoms with Crippen LogP contribution in [-0.4, -0.2) is 11.9 Å². The Morgan fingerprint density at radius 1 is 0.783 bits per heavy atom. The van der Waals surface area contributed by atoms with Gasteiger partial charge in [-0.25, -0.2) is 0 Å². The number of rotatable bonds is 5. The molecule has 2 rings (SSSR count). The predicted molar refractivity (Wildman–Crippen MR) is 101 cm³/mol. The van der Waals surface area contributed by atoms with Crippen molar-refractivity contribution in [3.05, 3.63) is 70.8 Å². The Bertz CT molecular complexity index is 679. The monoisotopic (exact) mass is 306 g/mol. The van der Waals surface area contributed by atoms with Crippen LogP contribution in [0.4, 0.5) is 0 Å². The lowest BCUT2D eigenvalue weighted by Crippen LogP contribution is -2.00. The van der Waals surface area contributed by atoms with Crippen LogP contribution >= 0.6 is 0 Å². The normalized spacial score (nSPS) is 14.9. The minimum absolute atomic E-state index is 0.149. The Morgan fingerprint density at radius 2 is 1.22 bits per heavy atom. The van der Waals surface area contributed by atoms with Gasteiger partial charge in [0.2, 0.25) is 0 Å². The summed E-state index contributed by atoms with van der Waals surface area (Å²) >= 11 is 0. The second-order valence-electron chi connectivity index (χ2n) is 6.22. The van der Waals surface area contributed by atoms with E-state index in [2.05, 4.69) is 81.2 Å². The SMILES string of the molecule is CC(C=N[C@@H](C)c1ccc(C)cc1)=N[C@@H](C)c1ccc(C)cc1. The van der Waals surface area contributed by atoms with Gasteiger partial charge < -0.3 is 0 Å². The zero-order valence-electron chi connectivity index (χ0n) is 14.7. The van der Waals surface area contributed by atoms with E-state index in [9.17, 15) is 0 Å². The van der Waals surface area contributed by atoms with Gasteiger partial charge in [-0.15, -0.1) is 0 Å². The summed E-state index contributed by atoms with van der Waals surface area (Å²) in [5.41, 5.74) is 5.96. The third kappa shape index (κ3) is 5.17. The zero-order chi connectivity index (χ0) is 16.8. The highest BCUT2D eigenvalue weighted by molar-refractivity contribution is 6.29. The Morgan fingerprint density at radius 3 is 1.70 bits per heavy atom. The zero-order valence-corrected chi connectivity index (χ0v) is 14.7. The predicted octanol–water partition coefficient (Wildman–Crippen LogP) is 5.66. The second kappa shape index (κ2) is 7.87. The van der Waals surface area contributed by atoms with Crippen LogP contribution in [0.1, 0.15) is 55.1 Å². The molecule has 0 saturated carbocycles. The smallest absolute Gasteiger partial charge is 0.0724 e. The second-order valence-corrected chi connectivity index (χ2v) is 6.22. The first-order valence-corrected chi connectivity index (χ1v) is 8.16. The fraction of sp³-hybridized carbons (Fsp3) is 0.333. The highest BCUT2D eigenvalue weighted by Gasteiger charge is 2.04. The first kappa shape index (κ1) is 17.1. The van der Waals surface area contributed by atoms with E-state index in [1.807, 2.05) is 13.1 Å². The molecule has 23 heavy (non-hydrogen) atoms. The summed E-state index contributed by atoms with van der Waals surface area (Å²) in [6, 6.07) is 17.4. The van der Waals surface area contributed by atoms with Crippen molar-refractivity contribution < 1.29 is 0 Å². The van der Waals surface area contributed by atoms with Crippen molar-refractivity contribution in [3.8, 4) is 0 Å². The molecule has 0 aliphatic rings. The van der Waals surface area contributed by atoms with Crippen LogP contribution in [0.3, 0.4) is 0 Å². The number of hydrogen-bond acceptors (Lipinski definition) is 2. The van der Waals surface area contributed by atoms with Gasteiger partial charge in [0.15, 0.2) is 0 Å². The van der Waals surface area contributed by atoms with Crippen LogP contribution in [-0.2, 0) is 0 Å². The van der Waals surface area contributed by atoms with Crippen molar-refractivity contribution in [2.45, 2.75) is 46.7 Å². The van der Waals surface area contributed by atoms with E-state index < -0.39 is 0 Å². The summed E-state index contributed by atoms with van der Waals surface area (Å²) in [5.74, 6) is 0. The molecule has 0 spiro atoms. The molecule has 2 aromatic carbocycles. The van der Waals surface area contributed by atoms with Gasteiger partial charge in [-0.2, -0.15) is 0 Å². The molecular weight excluding hydrogens is 280 g/mol. The largest absolute Gasteiger partial charge is 0.284 e. The quantitative estimate of drug-likeness (QED) is 0.637. The molecule has 0 saturated heterocycles. The van der Waals surface area contributed by atoms with Crippen molar-refractivity contribution in [1.29, 1.82) is 0 Å². The van der Waals surface area contributed by atoms with Crippen LogP contribution in [0.5, 0.6) is 0 Å². The van der Waals surface area contributed by atoms with Crippen LogP contribution < -0.4 is 0 Å². The number of hydrogen-bond donors (Lipinski definition) is 0. The Balaban J connectivity index is 2.03. The lowest BCUT2D eigenvalue weighted by atomic mass is 10.1. The number of aryl methyl sites for hydroxylation is 2. The van der Waals surface area contributed by atoms with Gasteiger partial charge >= 0.3 is 0 Å². The van der Waals surface area contributed by atoms with E-state index in [1.165, 1.54) is 22.3 Å². The number of aliphatic imine (C=N–C) groups is 2. The van der Waals surface area contributed by atoms with Crippen molar-refractivity contribution in [3.63, 3.8) is 0 Å². The van der Waals surface area contributed by atoms with Crippen molar-refractivity contribution in [2.24, 2.45) is 9.98 Å². The molecule has 0 N–H and O–H groups in total. The molecule has 0 unspecified atom stereocenters. The number of nitrogens with zero attached hydrogens (tertiary/aromatic N) is 2. The van der Waals surface area contributed by atoms with Gasteiger partial charge in [-0.05, 0) is 45.7 Å². The number of benzene rings is 2. The van der Waals surface area contributed by atoms with E-state index in [4.69, 9.17) is 4.99 Å². The van der Waals surface area contributed by atoms with Crippen LogP contribution in [0.2, 0.25) is 0 Å². The Kier molecular flexibility index (Phi) is 5.86. The van der Waals surface area contributed by atoms with Gasteiger partial charge in [-0.3, -0.25) is 9.98 Å². The summed E-state index contributed by atoms with van der Waals surface area (Å²) in [6.07, 6.45) is 1.88. The van der Waals surface area contributed by atoms with E-state index in [0.29, 0.717) is 0 Å². The summed E-state index contributed by atoms with van der Waals surface area (Å²) in [6.45, 7) is 10.4. The minimum Gasteiger partial charge on any atom is -0.284 e. The average molecular weight is 306 g/mol. The highest BCUT2D eigenvalue weighted by atomic mass is 14.8. The van der Waals surface area contributed by atoms with Gasteiger partial charge in [0.05, 0.1) is 17.8 Å². The summed E-state index contributed by atoms with van der Waals surface area (Å²) in [5, 5.41) is 0. The fourth-order valence-electron chi connectivity index (χ4n) is 2.41. The summed E-state index contributed by atoms with van der Waals surface area (Å²) < 4.78 is 0. The van der Waals surface area contributed by atoms with Gasteiger partial charge in [0.1, 0.15) is 0 Å². The fourth-order valence-corrected chi connectivity index (χ4v) is 2.41. The molecule has 2 heteroatoms. The van der Waals surface area contributed by atoms with E-state index >= 15 is 0 Å². The molecule has 2 nitrogen and oxygen atoms in total. The molecule has 120 valence electrons. The molecular formula is C21H26N2. The molecule has 0 bridgehead atoms. The van der Waals surface area contributed by atoms with Gasteiger partial charge in [0.25, 0.3) is 0 Å². The third-order valence-corrected chi connectivity index (χ3v) is 4.00. The molecule has 2 aromatic rings. The van der Waals surface area contributed by atoms with Crippen molar-refractivity contribution in [2.75, 3.05) is 0 Å². The Labute approximate surface area is 140 Å². The highest BCUT2D eigenvalue weighted by Crippen LogP contribution is 2.18. The van der Waals surface area contributed by atoms with Crippen molar-refractivity contribution in [1.82, 2.24) is 0 Å². The molecule has 0 aliphatic carbocycles. The lowest BCUT2D eigenvalue weighted by Gasteiger charge is -2.09. The maximum absolute atomic E-state index is 4.72. The third-order valence-electron chi connectivity index (χ3n) is 4.00. The topological polar surface area (TPSA) is 24.7 Å². The molecule has 0 radical (unpaired) electrons. The molecule has 0 aliphatic heterocycles. The first-order valence-electron chi connectivity index (χ1n) is 8.16. The molecule has 0 aromatic heterocycles. The van der Waals surface area contributed by atoms with Crippen LogP contribution in [0.15, 0.2) is 58.5 Å². The van der Waals surface area contributed by atoms with Gasteiger partial charge in [-0.1, -0.05) is 59.7 Å². The van der Waals surface area contributed by atoms with E-state index in [-0.39, 0.29) is 12.1 Å². The van der Waals surface area contributed by atoms with E-state index in [1.54, 1.807) is 0 Å². The Hall–Kier alpha value is -2.22. The summed E-state index contributed by atoms with van der Waals surface area (Å²) in [4.78, 5) is 9.35. The molecule has 0 amide bonds. The average Bonchev–Trinajstić information content (AvgIpc) is 2.54. The molecule has 2 atom stereocenters. The van der Waals surface area contributed by atoms with Crippen LogP contribution in [0, 0.1) is 13.8 Å². The van der Waals surface area contributed by atoms with E-state index in [0.717, 1.165) is 5.71 Å². The minimum atomic E-state index is 0.149. The maximum Gasteiger partial charge on any atom is 0.0724 e.